The summed E-state index contributed by atoms with van der Waals surface area (Å²) in [6, 6.07) is -1.03. The van der Waals surface area contributed by atoms with Gasteiger partial charge in [-0.25, -0.2) is 4.79 Å². The predicted molar refractivity (Wildman–Crippen MR) is 70.0 cm³/mol. The van der Waals surface area contributed by atoms with Gasteiger partial charge in [-0.05, 0) is 5.92 Å². The van der Waals surface area contributed by atoms with Crippen molar-refractivity contribution in [3.05, 3.63) is 0 Å². The first-order valence-corrected chi connectivity index (χ1v) is 6.36. The van der Waals surface area contributed by atoms with Crippen LogP contribution in [-0.4, -0.2) is 47.6 Å². The summed E-state index contributed by atoms with van der Waals surface area (Å²) < 4.78 is 4.67. The molecule has 0 aliphatic carbocycles. The summed E-state index contributed by atoms with van der Waals surface area (Å²) in [6.07, 6.45) is 0. The van der Waals surface area contributed by atoms with Gasteiger partial charge in [-0.15, -0.1) is 24.2 Å². The lowest BCUT2D eigenvalue weighted by atomic mass is 10.0. The molecule has 2 N–H and O–H groups in total. The highest BCUT2D eigenvalue weighted by Crippen LogP contribution is 2.23. The van der Waals surface area contributed by atoms with E-state index in [1.807, 2.05) is 13.8 Å². The molecule has 0 aromatic heterocycles. The number of nitrogens with two attached hydrogens (primary N) is 1. The number of nitrogens with zero attached hydrogens (tertiary/aromatic N) is 1. The molecule has 0 unspecified atom stereocenters. The van der Waals surface area contributed by atoms with Crippen LogP contribution in [0, 0.1) is 5.92 Å². The number of thioether (sulfide) groups is 1. The Kier molecular flexibility index (Phi) is 6.89. The minimum atomic E-state index is -0.550. The van der Waals surface area contributed by atoms with Gasteiger partial charge in [0.2, 0.25) is 5.91 Å². The number of hydrogen-bond acceptors (Lipinski definition) is 5. The van der Waals surface area contributed by atoms with E-state index in [0.29, 0.717) is 11.6 Å². The topological polar surface area (TPSA) is 72.6 Å². The van der Waals surface area contributed by atoms with E-state index in [1.165, 1.54) is 12.0 Å². The smallest absolute Gasteiger partial charge is 0.329 e. The van der Waals surface area contributed by atoms with Gasteiger partial charge in [-0.1, -0.05) is 13.8 Å². The summed E-state index contributed by atoms with van der Waals surface area (Å²) in [5, 5.41) is 0. The zero-order valence-electron chi connectivity index (χ0n) is 10.2. The van der Waals surface area contributed by atoms with Crippen LogP contribution in [0.1, 0.15) is 13.8 Å². The molecule has 7 heteroatoms. The van der Waals surface area contributed by atoms with Crippen molar-refractivity contribution < 1.29 is 14.3 Å². The molecule has 0 radical (unpaired) electrons. The van der Waals surface area contributed by atoms with Crippen LogP contribution in [0.5, 0.6) is 0 Å². The number of halogens is 1. The van der Waals surface area contributed by atoms with Crippen LogP contribution < -0.4 is 5.73 Å². The Bertz CT molecular complexity index is 289. The molecule has 1 aliphatic rings. The Morgan fingerprint density at radius 3 is 2.53 bits per heavy atom. The van der Waals surface area contributed by atoms with Crippen molar-refractivity contribution in [2.24, 2.45) is 11.7 Å². The second-order valence-electron chi connectivity index (χ2n) is 4.12. The molecule has 5 nitrogen and oxygen atoms in total. The van der Waals surface area contributed by atoms with E-state index in [-0.39, 0.29) is 30.2 Å². The lowest BCUT2D eigenvalue weighted by molar-refractivity contribution is -0.151. The van der Waals surface area contributed by atoms with Crippen LogP contribution in [0.15, 0.2) is 0 Å². The number of methoxy groups -OCH3 is 1. The average molecular weight is 283 g/mol. The van der Waals surface area contributed by atoms with E-state index in [2.05, 4.69) is 4.74 Å². The molecule has 1 fully saturated rings. The standard InChI is InChI=1S/C10H18N2O3S.ClH/c1-6(2)8(11)9(13)12-5-16-4-7(12)10(14)15-3;/h6-8H,4-5,11H2,1-3H3;1H/t7-,8-;/m0./s1. The van der Waals surface area contributed by atoms with Gasteiger partial charge < -0.3 is 15.4 Å². The summed E-state index contributed by atoms with van der Waals surface area (Å²) >= 11 is 1.54. The maximum Gasteiger partial charge on any atom is 0.329 e. The first-order valence-electron chi connectivity index (χ1n) is 5.20. The normalized spacial score (nSPS) is 21.0. The van der Waals surface area contributed by atoms with Crippen LogP contribution in [0.4, 0.5) is 0 Å². The zero-order chi connectivity index (χ0) is 12.3. The number of carbonyl (C=O) groups excluding carboxylic acids is 2. The van der Waals surface area contributed by atoms with Gasteiger partial charge in [0, 0.05) is 5.75 Å². The Labute approximate surface area is 112 Å². The SMILES string of the molecule is COC(=O)[C@@H]1CSCN1C(=O)[C@@H](N)C(C)C.Cl. The van der Waals surface area contributed by atoms with E-state index in [0.717, 1.165) is 0 Å². The second-order valence-corrected chi connectivity index (χ2v) is 5.12. The number of hydrogen-bond donors (Lipinski definition) is 1. The highest BCUT2D eigenvalue weighted by atomic mass is 35.5. The van der Waals surface area contributed by atoms with Gasteiger partial charge in [0.25, 0.3) is 0 Å². The van der Waals surface area contributed by atoms with Gasteiger partial charge in [0.1, 0.15) is 6.04 Å². The Balaban J connectivity index is 0.00000256. The third-order valence-corrected chi connectivity index (χ3v) is 3.65. The maximum atomic E-state index is 12.0. The monoisotopic (exact) mass is 282 g/mol. The van der Waals surface area contributed by atoms with Gasteiger partial charge >= 0.3 is 5.97 Å². The molecular formula is C10H19ClN2O3S. The molecule has 100 valence electrons. The first-order chi connectivity index (χ1) is 7.49. The molecule has 1 saturated heterocycles. The van der Waals surface area contributed by atoms with Crippen LogP contribution >= 0.6 is 24.2 Å². The molecule has 1 rings (SSSR count). The lowest BCUT2D eigenvalue weighted by Gasteiger charge is -2.26. The fourth-order valence-corrected chi connectivity index (χ4v) is 2.62. The third-order valence-electron chi connectivity index (χ3n) is 2.64. The molecule has 1 aliphatic heterocycles. The molecule has 1 heterocycles. The molecule has 2 atom stereocenters. The molecule has 0 bridgehead atoms. The first kappa shape index (κ1) is 16.5. The minimum Gasteiger partial charge on any atom is -0.467 e. The summed E-state index contributed by atoms with van der Waals surface area (Å²) in [5.41, 5.74) is 5.79. The lowest BCUT2D eigenvalue weighted by Crippen LogP contribution is -2.51. The predicted octanol–water partition coefficient (Wildman–Crippen LogP) is 0.466. The highest BCUT2D eigenvalue weighted by Gasteiger charge is 2.37. The zero-order valence-corrected chi connectivity index (χ0v) is 11.8. The molecule has 0 saturated carbocycles. The van der Waals surface area contributed by atoms with Crippen molar-refractivity contribution in [1.82, 2.24) is 4.90 Å². The molecule has 0 aromatic carbocycles. The van der Waals surface area contributed by atoms with E-state index >= 15 is 0 Å². The van der Waals surface area contributed by atoms with Gasteiger partial charge in [-0.2, -0.15) is 0 Å². The Hall–Kier alpha value is -0.460. The van der Waals surface area contributed by atoms with Gasteiger partial charge in [-0.3, -0.25) is 4.79 Å². The number of rotatable bonds is 3. The Morgan fingerprint density at radius 1 is 1.47 bits per heavy atom. The second kappa shape index (κ2) is 7.08. The van der Waals surface area contributed by atoms with E-state index in [9.17, 15) is 9.59 Å². The van der Waals surface area contributed by atoms with Crippen molar-refractivity contribution in [3.63, 3.8) is 0 Å². The average Bonchev–Trinajstić information content (AvgIpc) is 2.74. The molecule has 0 spiro atoms. The number of carbonyl (C=O) groups is 2. The largest absolute Gasteiger partial charge is 0.467 e. The van der Waals surface area contributed by atoms with E-state index in [1.54, 1.807) is 11.8 Å². The van der Waals surface area contributed by atoms with Crippen molar-refractivity contribution in [1.29, 1.82) is 0 Å². The number of ether oxygens (including phenoxy) is 1. The van der Waals surface area contributed by atoms with Crippen molar-refractivity contribution in [2.45, 2.75) is 25.9 Å². The van der Waals surface area contributed by atoms with Crippen LogP contribution in [-0.2, 0) is 14.3 Å². The van der Waals surface area contributed by atoms with E-state index < -0.39 is 12.1 Å². The van der Waals surface area contributed by atoms with Crippen molar-refractivity contribution >= 4 is 36.0 Å². The Morgan fingerprint density at radius 2 is 2.06 bits per heavy atom. The molecular weight excluding hydrogens is 264 g/mol. The number of esters is 1. The highest BCUT2D eigenvalue weighted by molar-refractivity contribution is 7.99. The van der Waals surface area contributed by atoms with Crippen molar-refractivity contribution in [2.75, 3.05) is 18.7 Å². The van der Waals surface area contributed by atoms with Gasteiger partial charge in [0.15, 0.2) is 0 Å². The summed E-state index contributed by atoms with van der Waals surface area (Å²) in [7, 11) is 1.33. The molecule has 17 heavy (non-hydrogen) atoms. The quantitative estimate of drug-likeness (QED) is 0.762. The maximum absolute atomic E-state index is 12.0. The fourth-order valence-electron chi connectivity index (χ4n) is 1.47. The third kappa shape index (κ3) is 3.76. The summed E-state index contributed by atoms with van der Waals surface area (Å²) in [5.74, 6) is 0.628. The van der Waals surface area contributed by atoms with E-state index in [4.69, 9.17) is 5.73 Å². The minimum absolute atomic E-state index is 0. The number of amides is 1. The van der Waals surface area contributed by atoms with Gasteiger partial charge in [0.05, 0.1) is 19.0 Å². The van der Waals surface area contributed by atoms with Crippen molar-refractivity contribution in [3.8, 4) is 0 Å². The summed E-state index contributed by atoms with van der Waals surface area (Å²) in [4.78, 5) is 25.0. The summed E-state index contributed by atoms with van der Waals surface area (Å²) in [6.45, 7) is 3.78. The molecule has 1 amide bonds. The van der Waals surface area contributed by atoms with Crippen LogP contribution in [0.2, 0.25) is 0 Å². The fraction of sp³-hybridized carbons (Fsp3) is 0.800. The van der Waals surface area contributed by atoms with Crippen LogP contribution in [0.3, 0.4) is 0 Å². The molecule has 0 aromatic rings. The van der Waals surface area contributed by atoms with Crippen LogP contribution in [0.25, 0.3) is 0 Å².